The molecule has 0 amide bonds. The van der Waals surface area contributed by atoms with Crippen molar-refractivity contribution in [3.63, 3.8) is 0 Å². The first-order chi connectivity index (χ1) is 16.4. The lowest BCUT2D eigenvalue weighted by Gasteiger charge is -2.23. The van der Waals surface area contributed by atoms with Crippen LogP contribution < -0.4 is 10.1 Å². The number of hydrogen-bond donors (Lipinski definition) is 3. The normalized spacial score (nSPS) is 14.1. The topological polar surface area (TPSA) is 118 Å². The average Bonchev–Trinajstić information content (AvgIpc) is 3.41. The fraction of sp³-hybridized carbons (Fsp3) is 0.360. The number of H-pyrrole nitrogens is 2. The van der Waals surface area contributed by atoms with Crippen LogP contribution in [0.2, 0.25) is 0 Å². The first kappa shape index (κ1) is 20.7. The van der Waals surface area contributed by atoms with Gasteiger partial charge in [-0.1, -0.05) is 11.6 Å². The summed E-state index contributed by atoms with van der Waals surface area (Å²) in [6, 6.07) is 4.09. The number of methoxy groups -OCH3 is 1. The van der Waals surface area contributed by atoms with Crippen LogP contribution in [-0.4, -0.2) is 37.4 Å². The van der Waals surface area contributed by atoms with Gasteiger partial charge in [-0.2, -0.15) is 5.10 Å². The number of aryl methyl sites for hydroxylation is 3. The highest BCUT2D eigenvalue weighted by atomic mass is 16.5. The fourth-order valence-electron chi connectivity index (χ4n) is 4.99. The molecule has 0 aliphatic heterocycles. The number of benzene rings is 1. The minimum Gasteiger partial charge on any atom is -0.496 e. The zero-order chi connectivity index (χ0) is 23.6. The quantitative estimate of drug-likeness (QED) is 0.308. The Morgan fingerprint density at radius 1 is 1.12 bits per heavy atom. The van der Waals surface area contributed by atoms with E-state index in [1.54, 1.807) is 7.11 Å². The molecule has 4 heterocycles. The Morgan fingerprint density at radius 3 is 2.62 bits per heavy atom. The maximum absolute atomic E-state index is 5.79. The van der Waals surface area contributed by atoms with E-state index in [1.165, 1.54) is 19.3 Å². The summed E-state index contributed by atoms with van der Waals surface area (Å²) in [4.78, 5) is 12.9. The van der Waals surface area contributed by atoms with Crippen LogP contribution >= 0.6 is 0 Å². The molecule has 0 unspecified atom stereocenters. The molecule has 0 saturated heterocycles. The predicted octanol–water partition coefficient (Wildman–Crippen LogP) is 5.74. The van der Waals surface area contributed by atoms with Crippen LogP contribution in [0.4, 0.5) is 11.6 Å². The maximum atomic E-state index is 5.79. The van der Waals surface area contributed by atoms with Crippen LogP contribution in [0.3, 0.4) is 0 Å². The highest BCUT2D eigenvalue weighted by Crippen LogP contribution is 2.42. The molecule has 1 aliphatic rings. The van der Waals surface area contributed by atoms with Gasteiger partial charge in [0.2, 0.25) is 0 Å². The molecule has 9 heteroatoms. The summed E-state index contributed by atoms with van der Waals surface area (Å²) in [5, 5.41) is 17.3. The predicted molar refractivity (Wildman–Crippen MR) is 131 cm³/mol. The summed E-state index contributed by atoms with van der Waals surface area (Å²) in [7, 11) is 1.67. The summed E-state index contributed by atoms with van der Waals surface area (Å²) in [6.07, 6.45) is 3.69. The number of ether oxygens (including phenoxy) is 1. The largest absolute Gasteiger partial charge is 0.496 e. The molecule has 174 valence electrons. The molecule has 0 bridgehead atoms. The van der Waals surface area contributed by atoms with Crippen molar-refractivity contribution in [3.8, 4) is 16.9 Å². The van der Waals surface area contributed by atoms with Crippen molar-refractivity contribution < 1.29 is 9.26 Å². The van der Waals surface area contributed by atoms with Crippen LogP contribution in [0.5, 0.6) is 5.75 Å². The smallest absolute Gasteiger partial charge is 0.145 e. The van der Waals surface area contributed by atoms with Crippen LogP contribution in [-0.2, 0) is 0 Å². The number of nitrogens with one attached hydrogen (secondary N) is 3. The second-order valence-electron chi connectivity index (χ2n) is 9.13. The van der Waals surface area contributed by atoms with Gasteiger partial charge in [0, 0.05) is 27.9 Å². The molecule has 1 aromatic carbocycles. The number of hydrogen-bond acceptors (Lipinski definition) is 7. The number of aromatic amines is 2. The second kappa shape index (κ2) is 7.58. The molecule has 0 atom stereocenters. The van der Waals surface area contributed by atoms with E-state index in [-0.39, 0.29) is 0 Å². The van der Waals surface area contributed by atoms with Gasteiger partial charge >= 0.3 is 0 Å². The van der Waals surface area contributed by atoms with Crippen molar-refractivity contribution in [2.45, 2.75) is 52.9 Å². The Labute approximate surface area is 196 Å². The van der Waals surface area contributed by atoms with Gasteiger partial charge in [0.1, 0.15) is 34.6 Å². The summed E-state index contributed by atoms with van der Waals surface area (Å²) in [6.45, 7) is 7.85. The number of aromatic nitrogens is 6. The third kappa shape index (κ3) is 3.07. The lowest BCUT2D eigenvalue weighted by Crippen LogP contribution is -2.10. The number of fused-ring (bicyclic) bond motifs is 3. The lowest BCUT2D eigenvalue weighted by molar-refractivity contribution is 0.393. The van der Waals surface area contributed by atoms with Crippen molar-refractivity contribution in [2.75, 3.05) is 12.4 Å². The molecule has 1 fully saturated rings. The Morgan fingerprint density at radius 2 is 1.94 bits per heavy atom. The molecule has 1 aliphatic carbocycles. The third-order valence-corrected chi connectivity index (χ3v) is 6.97. The van der Waals surface area contributed by atoms with Crippen molar-refractivity contribution in [2.24, 2.45) is 0 Å². The molecule has 4 aromatic heterocycles. The van der Waals surface area contributed by atoms with Crippen LogP contribution in [0, 0.1) is 27.7 Å². The van der Waals surface area contributed by atoms with E-state index in [9.17, 15) is 0 Å². The first-order valence-corrected chi connectivity index (χ1v) is 11.6. The van der Waals surface area contributed by atoms with E-state index in [4.69, 9.17) is 14.2 Å². The van der Waals surface area contributed by atoms with Gasteiger partial charge in [0.05, 0.1) is 29.4 Å². The Hall–Kier alpha value is -3.88. The van der Waals surface area contributed by atoms with Crippen molar-refractivity contribution in [1.29, 1.82) is 0 Å². The number of anilines is 2. The minimum absolute atomic E-state index is 0.555. The lowest BCUT2D eigenvalue weighted by atomic mass is 9.82. The Balaban J connectivity index is 1.52. The van der Waals surface area contributed by atoms with Crippen LogP contribution in [0.25, 0.3) is 33.1 Å². The molecular weight excluding hydrogens is 430 g/mol. The molecule has 34 heavy (non-hydrogen) atoms. The molecule has 0 spiro atoms. The molecule has 5 aromatic rings. The summed E-state index contributed by atoms with van der Waals surface area (Å²) in [5.74, 6) is 4.32. The van der Waals surface area contributed by atoms with Gasteiger partial charge in [-0.15, -0.1) is 0 Å². The average molecular weight is 458 g/mol. The SMILES string of the molecule is COc1cc2c(cc1-c1c(C)noc1C)[nH]c1nc(C)nc(Nc3[nH]nc(C4CCC4)c3C)c12. The van der Waals surface area contributed by atoms with Gasteiger partial charge in [-0.25, -0.2) is 9.97 Å². The molecule has 6 rings (SSSR count). The van der Waals surface area contributed by atoms with E-state index < -0.39 is 0 Å². The van der Waals surface area contributed by atoms with Gasteiger partial charge in [0.15, 0.2) is 0 Å². The molecule has 0 radical (unpaired) electrons. The van der Waals surface area contributed by atoms with Crippen LogP contribution in [0.15, 0.2) is 16.7 Å². The number of nitrogens with zero attached hydrogens (tertiary/aromatic N) is 4. The monoisotopic (exact) mass is 457 g/mol. The Kier molecular flexibility index (Phi) is 4.62. The summed E-state index contributed by atoms with van der Waals surface area (Å²) < 4.78 is 11.2. The molecule has 9 nitrogen and oxygen atoms in total. The van der Waals surface area contributed by atoms with Gasteiger partial charge < -0.3 is 19.6 Å². The van der Waals surface area contributed by atoms with Gasteiger partial charge in [0.25, 0.3) is 0 Å². The van der Waals surface area contributed by atoms with Gasteiger partial charge in [-0.3, -0.25) is 5.10 Å². The van der Waals surface area contributed by atoms with E-state index in [1.807, 2.05) is 26.8 Å². The Bertz CT molecular complexity index is 1540. The van der Waals surface area contributed by atoms with Crippen molar-refractivity contribution in [3.05, 3.63) is 40.7 Å². The summed E-state index contributed by atoms with van der Waals surface area (Å²) >= 11 is 0. The molecule has 3 N–H and O–H groups in total. The standard InChI is InChI=1S/C25H27N7O2/c1-11-22(15-7-6-8-15)30-31-23(11)29-25-21-16-10-19(33-5)17(20-12(2)32-34-13(20)3)9-18(16)28-24(21)26-14(4)27-25/h9-10,15H,6-8H2,1-5H3,(H3,26,27,28,29,30,31). The summed E-state index contributed by atoms with van der Waals surface area (Å²) in [5.41, 5.74) is 6.68. The first-order valence-electron chi connectivity index (χ1n) is 11.6. The minimum atomic E-state index is 0.555. The van der Waals surface area contributed by atoms with E-state index in [0.717, 1.165) is 73.2 Å². The fourth-order valence-corrected chi connectivity index (χ4v) is 4.99. The molecule has 1 saturated carbocycles. The highest BCUT2D eigenvalue weighted by molar-refractivity contribution is 6.13. The molecular formula is C25H27N7O2. The van der Waals surface area contributed by atoms with E-state index in [2.05, 4.69) is 43.6 Å². The zero-order valence-corrected chi connectivity index (χ0v) is 20.0. The zero-order valence-electron chi connectivity index (χ0n) is 20.0. The van der Waals surface area contributed by atoms with E-state index in [0.29, 0.717) is 11.7 Å². The van der Waals surface area contributed by atoms with Crippen LogP contribution in [0.1, 0.15) is 53.7 Å². The van der Waals surface area contributed by atoms with E-state index >= 15 is 0 Å². The maximum Gasteiger partial charge on any atom is 0.145 e. The number of rotatable bonds is 5. The second-order valence-corrected chi connectivity index (χ2v) is 9.13. The third-order valence-electron chi connectivity index (χ3n) is 6.97. The van der Waals surface area contributed by atoms with Crippen molar-refractivity contribution in [1.82, 2.24) is 30.3 Å². The van der Waals surface area contributed by atoms with Crippen molar-refractivity contribution >= 4 is 33.6 Å². The van der Waals surface area contributed by atoms with Gasteiger partial charge in [-0.05, 0) is 52.7 Å². The highest BCUT2D eigenvalue weighted by Gasteiger charge is 2.26.